The molecule has 1 atom stereocenters. The van der Waals surface area contributed by atoms with Crippen LogP contribution in [0.15, 0.2) is 33.9 Å². The summed E-state index contributed by atoms with van der Waals surface area (Å²) in [6.45, 7) is 5.78. The second-order valence-electron chi connectivity index (χ2n) is 7.29. The smallest absolute Gasteiger partial charge is 0.332 e. The van der Waals surface area contributed by atoms with Gasteiger partial charge in [-0.25, -0.2) is 9.78 Å². The third-order valence-corrected chi connectivity index (χ3v) is 5.38. The second kappa shape index (κ2) is 8.31. The Morgan fingerprint density at radius 3 is 2.70 bits per heavy atom. The Morgan fingerprint density at radius 1 is 1.20 bits per heavy atom. The topological polar surface area (TPSA) is 80.3 Å². The minimum atomic E-state index is -0.327. The molecule has 0 aliphatic carbocycles. The minimum Gasteiger partial charge on any atom is -0.488 e. The minimum absolute atomic E-state index is 0.0931. The van der Waals surface area contributed by atoms with Crippen molar-refractivity contribution < 1.29 is 9.47 Å². The number of imidazole rings is 1. The molecule has 0 unspecified atom stereocenters. The van der Waals surface area contributed by atoms with E-state index in [0.29, 0.717) is 36.7 Å². The highest BCUT2D eigenvalue weighted by molar-refractivity contribution is 5.76. The van der Waals surface area contributed by atoms with Crippen LogP contribution in [0.4, 0.5) is 0 Å². The van der Waals surface area contributed by atoms with Crippen molar-refractivity contribution in [2.75, 3.05) is 13.2 Å². The number of hydrogen-bond acceptors (Lipinski definition) is 5. The standard InChI is InChI=1S/C22H26N4O4/c1-4-25-20-19(21(27)26(5-2)22(25)28)24(3)18(23-20)10-9-15-7-6-8-16(13-15)30-17-11-12-29-14-17/h6-10,13,17H,4-5,11-12,14H2,1-3H3/b10-9+/t17-/m0/s1. The molecule has 8 heteroatoms. The fourth-order valence-corrected chi connectivity index (χ4v) is 3.75. The van der Waals surface area contributed by atoms with Gasteiger partial charge in [0.2, 0.25) is 0 Å². The first-order valence-electron chi connectivity index (χ1n) is 10.3. The fraction of sp³-hybridized carbons (Fsp3) is 0.409. The van der Waals surface area contributed by atoms with E-state index in [4.69, 9.17) is 9.47 Å². The van der Waals surface area contributed by atoms with Crippen molar-refractivity contribution in [2.24, 2.45) is 7.05 Å². The summed E-state index contributed by atoms with van der Waals surface area (Å²) in [5.41, 5.74) is 1.16. The molecule has 1 aliphatic heterocycles. The third-order valence-electron chi connectivity index (χ3n) is 5.38. The Labute approximate surface area is 174 Å². The highest BCUT2D eigenvalue weighted by Gasteiger charge is 2.18. The SMILES string of the molecule is CCn1c(=O)c2c(nc(/C=C/c3cccc(O[C@H]4CCOC4)c3)n2C)n(CC)c1=O. The van der Waals surface area contributed by atoms with Crippen LogP contribution in [0.25, 0.3) is 23.3 Å². The van der Waals surface area contributed by atoms with Gasteiger partial charge in [-0.3, -0.25) is 13.9 Å². The molecule has 0 radical (unpaired) electrons. The van der Waals surface area contributed by atoms with Gasteiger partial charge < -0.3 is 14.0 Å². The lowest BCUT2D eigenvalue weighted by Gasteiger charge is -2.11. The van der Waals surface area contributed by atoms with E-state index in [9.17, 15) is 9.59 Å². The summed E-state index contributed by atoms with van der Waals surface area (Å²) >= 11 is 0. The van der Waals surface area contributed by atoms with Crippen LogP contribution in [-0.2, 0) is 24.9 Å². The van der Waals surface area contributed by atoms with Gasteiger partial charge in [-0.2, -0.15) is 0 Å². The van der Waals surface area contributed by atoms with Crippen LogP contribution in [-0.4, -0.2) is 38.0 Å². The first-order valence-corrected chi connectivity index (χ1v) is 10.3. The van der Waals surface area contributed by atoms with Gasteiger partial charge in [0.1, 0.15) is 17.7 Å². The zero-order valence-electron chi connectivity index (χ0n) is 17.5. The summed E-state index contributed by atoms with van der Waals surface area (Å²) in [5.74, 6) is 1.40. The summed E-state index contributed by atoms with van der Waals surface area (Å²) < 4.78 is 15.8. The predicted octanol–water partition coefficient (Wildman–Crippen LogP) is 2.27. The van der Waals surface area contributed by atoms with Gasteiger partial charge in [0.15, 0.2) is 11.2 Å². The molecule has 1 aliphatic rings. The number of benzene rings is 1. The molecule has 4 rings (SSSR count). The van der Waals surface area contributed by atoms with Gasteiger partial charge in [0.25, 0.3) is 5.56 Å². The largest absolute Gasteiger partial charge is 0.488 e. The number of aromatic nitrogens is 4. The highest BCUT2D eigenvalue weighted by Crippen LogP contribution is 2.20. The third kappa shape index (κ3) is 3.59. The van der Waals surface area contributed by atoms with Crippen molar-refractivity contribution >= 4 is 23.3 Å². The molecule has 3 heterocycles. The molecule has 158 valence electrons. The van der Waals surface area contributed by atoms with Crippen molar-refractivity contribution in [3.05, 3.63) is 56.5 Å². The van der Waals surface area contributed by atoms with E-state index >= 15 is 0 Å². The summed E-state index contributed by atoms with van der Waals surface area (Å²) in [4.78, 5) is 30.0. The summed E-state index contributed by atoms with van der Waals surface area (Å²) in [5, 5.41) is 0. The van der Waals surface area contributed by atoms with E-state index in [-0.39, 0.29) is 17.4 Å². The summed E-state index contributed by atoms with van der Waals surface area (Å²) in [7, 11) is 1.79. The highest BCUT2D eigenvalue weighted by atomic mass is 16.5. The van der Waals surface area contributed by atoms with Crippen LogP contribution >= 0.6 is 0 Å². The van der Waals surface area contributed by atoms with Gasteiger partial charge >= 0.3 is 5.69 Å². The van der Waals surface area contributed by atoms with Gasteiger partial charge in [-0.05, 0) is 37.6 Å². The maximum Gasteiger partial charge on any atom is 0.332 e. The maximum absolute atomic E-state index is 12.8. The van der Waals surface area contributed by atoms with Crippen molar-refractivity contribution in [2.45, 2.75) is 39.5 Å². The first-order chi connectivity index (χ1) is 14.5. The molecular formula is C22H26N4O4. The fourth-order valence-electron chi connectivity index (χ4n) is 3.75. The molecular weight excluding hydrogens is 384 g/mol. The van der Waals surface area contributed by atoms with Gasteiger partial charge in [0.05, 0.1) is 13.2 Å². The van der Waals surface area contributed by atoms with Crippen LogP contribution in [0.1, 0.15) is 31.7 Å². The monoisotopic (exact) mass is 410 g/mol. The molecule has 8 nitrogen and oxygen atoms in total. The zero-order valence-corrected chi connectivity index (χ0v) is 17.5. The van der Waals surface area contributed by atoms with E-state index in [1.165, 1.54) is 9.13 Å². The average molecular weight is 410 g/mol. The number of rotatable bonds is 6. The van der Waals surface area contributed by atoms with Crippen LogP contribution in [0.3, 0.4) is 0 Å². The molecule has 0 N–H and O–H groups in total. The Bertz CT molecular complexity index is 1210. The van der Waals surface area contributed by atoms with Gasteiger partial charge in [0, 0.05) is 26.6 Å². The number of fused-ring (bicyclic) bond motifs is 1. The Morgan fingerprint density at radius 2 is 2.00 bits per heavy atom. The lowest BCUT2D eigenvalue weighted by Crippen LogP contribution is -2.39. The van der Waals surface area contributed by atoms with E-state index in [2.05, 4.69) is 4.98 Å². The summed E-state index contributed by atoms with van der Waals surface area (Å²) in [6.07, 6.45) is 4.76. The maximum atomic E-state index is 12.8. The number of ether oxygens (including phenoxy) is 2. The van der Waals surface area contributed by atoms with E-state index < -0.39 is 0 Å². The van der Waals surface area contributed by atoms with Gasteiger partial charge in [-0.1, -0.05) is 18.2 Å². The molecule has 0 bridgehead atoms. The molecule has 3 aromatic rings. The van der Waals surface area contributed by atoms with Crippen molar-refractivity contribution in [3.63, 3.8) is 0 Å². The molecule has 1 fully saturated rings. The van der Waals surface area contributed by atoms with Crippen LogP contribution < -0.4 is 16.0 Å². The van der Waals surface area contributed by atoms with E-state index in [0.717, 1.165) is 24.3 Å². The Balaban J connectivity index is 1.70. The molecule has 0 saturated carbocycles. The molecule has 30 heavy (non-hydrogen) atoms. The lowest BCUT2D eigenvalue weighted by molar-refractivity contribution is 0.141. The van der Waals surface area contributed by atoms with Crippen molar-refractivity contribution in [1.29, 1.82) is 0 Å². The van der Waals surface area contributed by atoms with E-state index in [1.54, 1.807) is 18.5 Å². The predicted molar refractivity (Wildman–Crippen MR) is 116 cm³/mol. The van der Waals surface area contributed by atoms with Gasteiger partial charge in [-0.15, -0.1) is 0 Å². The normalized spacial score (nSPS) is 16.7. The lowest BCUT2D eigenvalue weighted by atomic mass is 10.2. The molecule has 1 saturated heterocycles. The van der Waals surface area contributed by atoms with Crippen molar-refractivity contribution in [1.82, 2.24) is 18.7 Å². The van der Waals surface area contributed by atoms with Crippen LogP contribution in [0.5, 0.6) is 5.75 Å². The van der Waals surface area contributed by atoms with Crippen LogP contribution in [0.2, 0.25) is 0 Å². The first kappa shape index (κ1) is 20.2. The number of aryl methyl sites for hydroxylation is 2. The number of nitrogens with zero attached hydrogens (tertiary/aromatic N) is 4. The van der Waals surface area contributed by atoms with Crippen molar-refractivity contribution in [3.8, 4) is 5.75 Å². The number of hydrogen-bond donors (Lipinski definition) is 0. The quantitative estimate of drug-likeness (QED) is 0.623. The second-order valence-corrected chi connectivity index (χ2v) is 7.29. The molecule has 0 amide bonds. The molecule has 2 aromatic heterocycles. The average Bonchev–Trinajstić information content (AvgIpc) is 3.35. The Hall–Kier alpha value is -3.13. The van der Waals surface area contributed by atoms with Crippen LogP contribution in [0, 0.1) is 0 Å². The zero-order chi connectivity index (χ0) is 21.3. The molecule has 1 aromatic carbocycles. The Kier molecular flexibility index (Phi) is 5.59. The summed E-state index contributed by atoms with van der Waals surface area (Å²) in [6, 6.07) is 7.80. The van der Waals surface area contributed by atoms with E-state index in [1.807, 2.05) is 43.3 Å². The molecule has 0 spiro atoms.